The Kier molecular flexibility index (Phi) is 6.23. The Bertz CT molecular complexity index is 1050. The van der Waals surface area contributed by atoms with E-state index >= 15 is 0 Å². The molecule has 2 aromatic carbocycles. The lowest BCUT2D eigenvalue weighted by atomic mass is 10.1. The van der Waals surface area contributed by atoms with Crippen molar-refractivity contribution in [3.8, 4) is 0 Å². The van der Waals surface area contributed by atoms with Gasteiger partial charge in [0.05, 0.1) is 18.3 Å². The monoisotopic (exact) mass is 418 g/mol. The van der Waals surface area contributed by atoms with Gasteiger partial charge in [-0.3, -0.25) is 14.3 Å². The molecule has 1 atom stereocenters. The summed E-state index contributed by atoms with van der Waals surface area (Å²) >= 11 is 6.13. The fraction of sp³-hybridized carbons (Fsp3) is 0.150. The van der Waals surface area contributed by atoms with Crippen molar-refractivity contribution in [1.82, 2.24) is 20.4 Å². The van der Waals surface area contributed by atoms with Crippen LogP contribution in [0.15, 0.2) is 54.9 Å². The molecule has 1 heterocycles. The lowest BCUT2D eigenvalue weighted by molar-refractivity contribution is -0.122. The van der Waals surface area contributed by atoms with Crippen LogP contribution in [0.5, 0.6) is 0 Å². The Hall–Kier alpha value is -3.26. The number of carbonyl (C=O) groups is 2. The first-order chi connectivity index (χ1) is 13.9. The molecule has 9 heteroatoms. The highest BCUT2D eigenvalue weighted by Gasteiger charge is 2.24. The second kappa shape index (κ2) is 8.83. The highest BCUT2D eigenvalue weighted by atomic mass is 35.5. The SMILES string of the molecule is CNC(=O)C(NC(=O)c1cnn(Cc2ccccc2Cl)c1)c1ccc(F)c(F)c1. The van der Waals surface area contributed by atoms with Gasteiger partial charge in [0, 0.05) is 18.3 Å². The van der Waals surface area contributed by atoms with Crippen LogP contribution in [-0.2, 0) is 11.3 Å². The quantitative estimate of drug-likeness (QED) is 0.646. The van der Waals surface area contributed by atoms with E-state index in [0.717, 1.165) is 17.7 Å². The third kappa shape index (κ3) is 4.78. The van der Waals surface area contributed by atoms with Crippen molar-refractivity contribution in [1.29, 1.82) is 0 Å². The van der Waals surface area contributed by atoms with E-state index in [2.05, 4.69) is 15.7 Å². The lowest BCUT2D eigenvalue weighted by Crippen LogP contribution is -2.39. The summed E-state index contributed by atoms with van der Waals surface area (Å²) in [5, 5.41) is 9.62. The van der Waals surface area contributed by atoms with Gasteiger partial charge in [-0.2, -0.15) is 5.10 Å². The standard InChI is InChI=1S/C20H17ClF2N4O2/c1-24-20(29)18(12-6-7-16(22)17(23)8-12)26-19(28)14-9-25-27(11-14)10-13-4-2-3-5-15(13)21/h2-9,11,18H,10H2,1H3,(H,24,29)(H,26,28). The number of hydrogen-bond donors (Lipinski definition) is 2. The number of hydrogen-bond acceptors (Lipinski definition) is 3. The summed E-state index contributed by atoms with van der Waals surface area (Å²) in [6.07, 6.45) is 2.85. The summed E-state index contributed by atoms with van der Waals surface area (Å²) in [7, 11) is 1.38. The van der Waals surface area contributed by atoms with Crippen LogP contribution in [0.3, 0.4) is 0 Å². The molecule has 0 aliphatic carbocycles. The van der Waals surface area contributed by atoms with Crippen molar-refractivity contribution in [2.45, 2.75) is 12.6 Å². The maximum atomic E-state index is 13.6. The molecule has 1 aromatic heterocycles. The van der Waals surface area contributed by atoms with E-state index in [-0.39, 0.29) is 11.1 Å². The van der Waals surface area contributed by atoms with E-state index in [9.17, 15) is 18.4 Å². The summed E-state index contributed by atoms with van der Waals surface area (Å²) in [5.74, 6) is -3.32. The van der Waals surface area contributed by atoms with Crippen LogP contribution in [0.2, 0.25) is 5.02 Å². The van der Waals surface area contributed by atoms with Crippen LogP contribution >= 0.6 is 11.6 Å². The second-order valence-corrected chi connectivity index (χ2v) is 6.62. The molecule has 0 fully saturated rings. The van der Waals surface area contributed by atoms with Crippen LogP contribution in [0, 0.1) is 11.6 Å². The molecule has 0 aliphatic heterocycles. The van der Waals surface area contributed by atoms with Crippen molar-refractivity contribution in [3.63, 3.8) is 0 Å². The Labute approximate surface area is 170 Å². The van der Waals surface area contributed by atoms with Gasteiger partial charge < -0.3 is 10.6 Å². The minimum absolute atomic E-state index is 0.111. The van der Waals surface area contributed by atoms with E-state index in [1.54, 1.807) is 6.07 Å². The van der Waals surface area contributed by atoms with E-state index in [0.29, 0.717) is 11.6 Å². The van der Waals surface area contributed by atoms with Crippen molar-refractivity contribution < 1.29 is 18.4 Å². The van der Waals surface area contributed by atoms with Crippen molar-refractivity contribution >= 4 is 23.4 Å². The number of nitrogens with one attached hydrogen (secondary N) is 2. The third-order valence-electron chi connectivity index (χ3n) is 4.25. The van der Waals surface area contributed by atoms with Gasteiger partial charge in [0.2, 0.25) is 5.91 Å². The molecule has 0 saturated heterocycles. The fourth-order valence-corrected chi connectivity index (χ4v) is 2.91. The molecule has 3 rings (SSSR count). The van der Waals surface area contributed by atoms with Gasteiger partial charge in [-0.15, -0.1) is 0 Å². The molecule has 150 valence electrons. The molecule has 0 aliphatic rings. The molecular formula is C20H17ClF2N4O2. The van der Waals surface area contributed by atoms with Crippen LogP contribution in [0.25, 0.3) is 0 Å². The summed E-state index contributed by atoms with van der Waals surface area (Å²) < 4.78 is 28.3. The van der Waals surface area contributed by atoms with Gasteiger partial charge in [-0.25, -0.2) is 8.78 Å². The average molecular weight is 419 g/mol. The predicted molar refractivity (Wildman–Crippen MR) is 103 cm³/mol. The van der Waals surface area contributed by atoms with Gasteiger partial charge >= 0.3 is 0 Å². The van der Waals surface area contributed by atoms with Crippen LogP contribution in [0.4, 0.5) is 8.78 Å². The molecular weight excluding hydrogens is 402 g/mol. The van der Waals surface area contributed by atoms with Crippen molar-refractivity contribution in [2.24, 2.45) is 0 Å². The van der Waals surface area contributed by atoms with Crippen molar-refractivity contribution in [2.75, 3.05) is 7.05 Å². The molecule has 0 saturated carbocycles. The van der Waals surface area contributed by atoms with Crippen molar-refractivity contribution in [3.05, 3.63) is 88.2 Å². The molecule has 1 unspecified atom stereocenters. The maximum Gasteiger partial charge on any atom is 0.255 e. The molecule has 2 N–H and O–H groups in total. The van der Waals surface area contributed by atoms with E-state index in [4.69, 9.17) is 11.6 Å². The molecule has 2 amide bonds. The van der Waals surface area contributed by atoms with Crippen LogP contribution in [-0.4, -0.2) is 28.6 Å². The molecule has 6 nitrogen and oxygen atoms in total. The van der Waals surface area contributed by atoms with E-state index in [1.807, 2.05) is 18.2 Å². The minimum atomic E-state index is -1.20. The minimum Gasteiger partial charge on any atom is -0.357 e. The Balaban J connectivity index is 1.78. The number of amides is 2. The third-order valence-corrected chi connectivity index (χ3v) is 4.62. The smallest absolute Gasteiger partial charge is 0.255 e. The zero-order valence-corrected chi connectivity index (χ0v) is 16.1. The molecule has 0 radical (unpaired) electrons. The topological polar surface area (TPSA) is 76.0 Å². The van der Waals surface area contributed by atoms with Gasteiger partial charge in [-0.1, -0.05) is 35.9 Å². The largest absolute Gasteiger partial charge is 0.357 e. The van der Waals surface area contributed by atoms with Gasteiger partial charge in [0.25, 0.3) is 5.91 Å². The highest BCUT2D eigenvalue weighted by molar-refractivity contribution is 6.31. The zero-order valence-electron chi connectivity index (χ0n) is 15.3. The number of aromatic nitrogens is 2. The molecule has 3 aromatic rings. The molecule has 29 heavy (non-hydrogen) atoms. The number of likely N-dealkylation sites (N-methyl/N-ethyl adjacent to an activating group) is 1. The number of benzene rings is 2. The zero-order chi connectivity index (χ0) is 21.0. The number of rotatable bonds is 6. The summed E-state index contributed by atoms with van der Waals surface area (Å²) in [6.45, 7) is 0.356. The first-order valence-electron chi connectivity index (χ1n) is 8.62. The lowest BCUT2D eigenvalue weighted by Gasteiger charge is -2.17. The summed E-state index contributed by atoms with van der Waals surface area (Å²) in [5.41, 5.74) is 1.14. The number of carbonyl (C=O) groups excluding carboxylic acids is 2. The van der Waals surface area contributed by atoms with E-state index < -0.39 is 29.5 Å². The van der Waals surface area contributed by atoms with Gasteiger partial charge in [0.15, 0.2) is 11.6 Å². The first-order valence-corrected chi connectivity index (χ1v) is 9.00. The van der Waals surface area contributed by atoms with E-state index in [1.165, 1.54) is 30.2 Å². The highest BCUT2D eigenvalue weighted by Crippen LogP contribution is 2.19. The van der Waals surface area contributed by atoms with Crippen LogP contribution in [0.1, 0.15) is 27.5 Å². The molecule has 0 bridgehead atoms. The predicted octanol–water partition coefficient (Wildman–Crippen LogP) is 3.08. The van der Waals surface area contributed by atoms with Gasteiger partial charge in [-0.05, 0) is 29.3 Å². The number of halogens is 3. The Morgan fingerprint density at radius 2 is 1.93 bits per heavy atom. The maximum absolute atomic E-state index is 13.6. The summed E-state index contributed by atoms with van der Waals surface area (Å²) in [4.78, 5) is 24.8. The number of nitrogens with zero attached hydrogens (tertiary/aromatic N) is 2. The summed E-state index contributed by atoms with van der Waals surface area (Å²) in [6, 6.07) is 9.05. The molecule has 0 spiro atoms. The van der Waals surface area contributed by atoms with Gasteiger partial charge in [0.1, 0.15) is 6.04 Å². The Morgan fingerprint density at radius 3 is 2.62 bits per heavy atom. The van der Waals surface area contributed by atoms with Crippen LogP contribution < -0.4 is 10.6 Å². The average Bonchev–Trinajstić information content (AvgIpc) is 3.18. The first kappa shape index (κ1) is 20.5. The second-order valence-electron chi connectivity index (χ2n) is 6.21. The fourth-order valence-electron chi connectivity index (χ4n) is 2.72. The Morgan fingerprint density at radius 1 is 1.17 bits per heavy atom. The normalized spacial score (nSPS) is 11.7.